The molecule has 1 saturated heterocycles. The van der Waals surface area contributed by atoms with E-state index in [1.54, 1.807) is 0 Å². The van der Waals surface area contributed by atoms with Crippen LogP contribution in [0, 0.1) is 0 Å². The summed E-state index contributed by atoms with van der Waals surface area (Å²) in [4.78, 5) is 8.90. The monoisotopic (exact) mass is 295 g/mol. The maximum Gasteiger partial charge on any atom is 0.186 e. The minimum atomic E-state index is 0.504. The first kappa shape index (κ1) is 15.8. The standard InChI is InChI=1S/C16H29N3S/c1-11(2)15-14(10-17-12(3)4)20-16(18-15)19-9-7-6-8-13(19)5/h11-13,17H,6-10H2,1-5H3. The van der Waals surface area contributed by atoms with Crippen LogP contribution in [0.2, 0.25) is 0 Å². The number of nitrogens with one attached hydrogen (secondary N) is 1. The summed E-state index contributed by atoms with van der Waals surface area (Å²) < 4.78 is 0. The third kappa shape index (κ3) is 3.73. The molecule has 0 aliphatic carbocycles. The Kier molecular flexibility index (Phi) is 5.44. The molecule has 2 rings (SSSR count). The van der Waals surface area contributed by atoms with E-state index in [4.69, 9.17) is 4.98 Å². The highest BCUT2D eigenvalue weighted by atomic mass is 32.1. The first-order valence-electron chi connectivity index (χ1n) is 7.98. The van der Waals surface area contributed by atoms with Crippen molar-refractivity contribution in [3.05, 3.63) is 10.6 Å². The maximum absolute atomic E-state index is 4.97. The molecular weight excluding hydrogens is 266 g/mol. The molecule has 1 N–H and O–H groups in total. The number of nitrogens with zero attached hydrogens (tertiary/aromatic N) is 2. The van der Waals surface area contributed by atoms with Gasteiger partial charge in [-0.25, -0.2) is 4.98 Å². The van der Waals surface area contributed by atoms with Gasteiger partial charge in [-0.15, -0.1) is 11.3 Å². The smallest absolute Gasteiger partial charge is 0.186 e. The van der Waals surface area contributed by atoms with E-state index in [0.717, 1.165) is 6.54 Å². The third-order valence-electron chi connectivity index (χ3n) is 3.98. The second-order valence-corrected chi connectivity index (χ2v) is 7.60. The molecule has 4 heteroatoms. The molecular formula is C16H29N3S. The Balaban J connectivity index is 2.19. The van der Waals surface area contributed by atoms with Crippen LogP contribution >= 0.6 is 11.3 Å². The van der Waals surface area contributed by atoms with Crippen molar-refractivity contribution in [2.75, 3.05) is 11.4 Å². The van der Waals surface area contributed by atoms with Gasteiger partial charge in [-0.2, -0.15) is 0 Å². The van der Waals surface area contributed by atoms with Crippen LogP contribution in [0.15, 0.2) is 0 Å². The van der Waals surface area contributed by atoms with Gasteiger partial charge in [0.2, 0.25) is 0 Å². The van der Waals surface area contributed by atoms with Crippen LogP contribution in [-0.2, 0) is 6.54 Å². The fraction of sp³-hybridized carbons (Fsp3) is 0.812. The number of hydrogen-bond donors (Lipinski definition) is 1. The van der Waals surface area contributed by atoms with Crippen LogP contribution < -0.4 is 10.2 Å². The lowest BCUT2D eigenvalue weighted by molar-refractivity contribution is 0.483. The highest BCUT2D eigenvalue weighted by Crippen LogP contribution is 2.34. The summed E-state index contributed by atoms with van der Waals surface area (Å²) in [5.74, 6) is 0.504. The van der Waals surface area contributed by atoms with Gasteiger partial charge in [0, 0.05) is 30.1 Å². The average Bonchev–Trinajstić information content (AvgIpc) is 2.81. The zero-order valence-corrected chi connectivity index (χ0v) is 14.4. The molecule has 1 fully saturated rings. The van der Waals surface area contributed by atoms with E-state index in [1.807, 2.05) is 11.3 Å². The summed E-state index contributed by atoms with van der Waals surface area (Å²) in [6, 6.07) is 1.16. The van der Waals surface area contributed by atoms with Gasteiger partial charge in [-0.3, -0.25) is 0 Å². The molecule has 0 spiro atoms. The van der Waals surface area contributed by atoms with Crippen LogP contribution in [0.4, 0.5) is 5.13 Å². The van der Waals surface area contributed by atoms with Gasteiger partial charge in [-0.1, -0.05) is 27.7 Å². The highest BCUT2D eigenvalue weighted by Gasteiger charge is 2.23. The lowest BCUT2D eigenvalue weighted by Gasteiger charge is -2.33. The van der Waals surface area contributed by atoms with Crippen molar-refractivity contribution < 1.29 is 0 Å². The van der Waals surface area contributed by atoms with Crippen LogP contribution in [-0.4, -0.2) is 23.6 Å². The fourth-order valence-corrected chi connectivity index (χ4v) is 4.02. The summed E-state index contributed by atoms with van der Waals surface area (Å²) in [5.41, 5.74) is 1.29. The van der Waals surface area contributed by atoms with E-state index in [1.165, 1.54) is 41.5 Å². The van der Waals surface area contributed by atoms with Crippen molar-refractivity contribution in [1.82, 2.24) is 10.3 Å². The number of rotatable bonds is 5. The number of thiazole rings is 1. The first-order valence-corrected chi connectivity index (χ1v) is 8.80. The van der Waals surface area contributed by atoms with Gasteiger partial charge in [0.25, 0.3) is 0 Å². The maximum atomic E-state index is 4.97. The topological polar surface area (TPSA) is 28.2 Å². The lowest BCUT2D eigenvalue weighted by atomic mass is 10.0. The minimum Gasteiger partial charge on any atom is -0.345 e. The molecule has 1 unspecified atom stereocenters. The molecule has 0 aromatic carbocycles. The molecule has 1 aliphatic rings. The van der Waals surface area contributed by atoms with Gasteiger partial charge < -0.3 is 10.2 Å². The molecule has 0 amide bonds. The third-order valence-corrected chi connectivity index (χ3v) is 5.09. The Morgan fingerprint density at radius 2 is 2.05 bits per heavy atom. The molecule has 0 bridgehead atoms. The SMILES string of the molecule is CC(C)NCc1sc(N2CCCCC2C)nc1C(C)C. The zero-order valence-electron chi connectivity index (χ0n) is 13.6. The van der Waals surface area contributed by atoms with Crippen molar-refractivity contribution in [2.24, 2.45) is 0 Å². The van der Waals surface area contributed by atoms with Crippen molar-refractivity contribution in [3.8, 4) is 0 Å². The van der Waals surface area contributed by atoms with Crippen LogP contribution in [0.5, 0.6) is 0 Å². The number of anilines is 1. The Hall–Kier alpha value is -0.610. The van der Waals surface area contributed by atoms with E-state index in [0.29, 0.717) is 18.0 Å². The number of hydrogen-bond acceptors (Lipinski definition) is 4. The van der Waals surface area contributed by atoms with E-state index >= 15 is 0 Å². The van der Waals surface area contributed by atoms with Gasteiger partial charge in [-0.05, 0) is 32.1 Å². The van der Waals surface area contributed by atoms with E-state index in [9.17, 15) is 0 Å². The van der Waals surface area contributed by atoms with E-state index in [-0.39, 0.29) is 0 Å². The normalized spacial score (nSPS) is 20.1. The molecule has 20 heavy (non-hydrogen) atoms. The molecule has 3 nitrogen and oxygen atoms in total. The van der Waals surface area contributed by atoms with Crippen LogP contribution in [0.3, 0.4) is 0 Å². The first-order chi connectivity index (χ1) is 9.49. The summed E-state index contributed by atoms with van der Waals surface area (Å²) in [7, 11) is 0. The Bertz CT molecular complexity index is 425. The zero-order chi connectivity index (χ0) is 14.7. The molecule has 114 valence electrons. The van der Waals surface area contributed by atoms with E-state index in [2.05, 4.69) is 44.8 Å². The van der Waals surface area contributed by atoms with Crippen molar-refractivity contribution >= 4 is 16.5 Å². The average molecular weight is 295 g/mol. The molecule has 1 atom stereocenters. The summed E-state index contributed by atoms with van der Waals surface area (Å²) >= 11 is 1.89. The fourth-order valence-electron chi connectivity index (χ4n) is 2.73. The second-order valence-electron chi connectivity index (χ2n) is 6.53. The molecule has 1 aromatic rings. The summed E-state index contributed by atoms with van der Waals surface area (Å²) in [5, 5.41) is 4.77. The van der Waals surface area contributed by atoms with Gasteiger partial charge in [0.05, 0.1) is 5.69 Å². The Morgan fingerprint density at radius 3 is 2.65 bits per heavy atom. The Labute approximate surface area is 127 Å². The van der Waals surface area contributed by atoms with Gasteiger partial charge >= 0.3 is 0 Å². The summed E-state index contributed by atoms with van der Waals surface area (Å²) in [6.07, 6.45) is 3.97. The predicted molar refractivity (Wildman–Crippen MR) is 88.8 cm³/mol. The molecule has 2 heterocycles. The minimum absolute atomic E-state index is 0.504. The molecule has 1 aliphatic heterocycles. The van der Waals surface area contributed by atoms with Crippen LogP contribution in [0.25, 0.3) is 0 Å². The van der Waals surface area contributed by atoms with Crippen molar-refractivity contribution in [1.29, 1.82) is 0 Å². The molecule has 0 saturated carbocycles. The number of aromatic nitrogens is 1. The lowest BCUT2D eigenvalue weighted by Crippen LogP contribution is -2.37. The quantitative estimate of drug-likeness (QED) is 0.884. The predicted octanol–water partition coefficient (Wildman–Crippen LogP) is 4.14. The molecule has 1 aromatic heterocycles. The second kappa shape index (κ2) is 6.90. The van der Waals surface area contributed by atoms with Crippen molar-refractivity contribution in [3.63, 3.8) is 0 Å². The summed E-state index contributed by atoms with van der Waals surface area (Å²) in [6.45, 7) is 13.3. The van der Waals surface area contributed by atoms with E-state index < -0.39 is 0 Å². The van der Waals surface area contributed by atoms with Crippen molar-refractivity contribution in [2.45, 2.75) is 78.4 Å². The molecule has 0 radical (unpaired) electrons. The Morgan fingerprint density at radius 1 is 1.30 bits per heavy atom. The number of piperidine rings is 1. The van der Waals surface area contributed by atoms with Crippen LogP contribution in [0.1, 0.15) is 70.4 Å². The van der Waals surface area contributed by atoms with Gasteiger partial charge in [0.1, 0.15) is 0 Å². The largest absolute Gasteiger partial charge is 0.345 e. The highest BCUT2D eigenvalue weighted by molar-refractivity contribution is 7.15. The van der Waals surface area contributed by atoms with Gasteiger partial charge in [0.15, 0.2) is 5.13 Å².